The number of amides is 2. The fourth-order valence-corrected chi connectivity index (χ4v) is 1.95. The maximum Gasteiger partial charge on any atom is 0.260 e. The lowest BCUT2D eigenvalue weighted by Gasteiger charge is -2.14. The molecule has 0 bridgehead atoms. The minimum atomic E-state index is -0.313. The van der Waals surface area contributed by atoms with Crippen molar-refractivity contribution in [2.45, 2.75) is 6.42 Å². The van der Waals surface area contributed by atoms with E-state index in [4.69, 9.17) is 0 Å². The summed E-state index contributed by atoms with van der Waals surface area (Å²) in [5.74, 6) is -0.538. The third-order valence-corrected chi connectivity index (χ3v) is 2.88. The van der Waals surface area contributed by atoms with Crippen molar-refractivity contribution >= 4 is 33.4 Å². The Morgan fingerprint density at radius 2 is 1.93 bits per heavy atom. The quantitative estimate of drug-likeness (QED) is 0.577. The number of rotatable bonds is 1. The van der Waals surface area contributed by atoms with Gasteiger partial charge in [0, 0.05) is 10.0 Å². The number of hydrogen-bond donors (Lipinski definition) is 0. The van der Waals surface area contributed by atoms with E-state index >= 15 is 0 Å². The topological polar surface area (TPSA) is 37.4 Å². The van der Waals surface area contributed by atoms with Gasteiger partial charge in [0.1, 0.15) is 0 Å². The molecule has 2 amide bonds. The molecule has 0 radical (unpaired) electrons. The summed E-state index contributed by atoms with van der Waals surface area (Å²) in [7, 11) is 0. The molecule has 0 spiro atoms. The van der Waals surface area contributed by atoms with Crippen LogP contribution >= 0.6 is 15.9 Å². The SMILES string of the molecule is C=C1CC(=O)N(c2ccccc2Br)C1=O. The van der Waals surface area contributed by atoms with Gasteiger partial charge in [0.15, 0.2) is 0 Å². The summed E-state index contributed by atoms with van der Waals surface area (Å²) in [5, 5.41) is 0. The van der Waals surface area contributed by atoms with Crippen LogP contribution in [0.4, 0.5) is 5.69 Å². The number of benzene rings is 1. The van der Waals surface area contributed by atoms with Gasteiger partial charge in [-0.05, 0) is 28.1 Å². The van der Waals surface area contributed by atoms with Gasteiger partial charge in [0.2, 0.25) is 5.91 Å². The second-order valence-electron chi connectivity index (χ2n) is 3.27. The van der Waals surface area contributed by atoms with Crippen LogP contribution in [0.3, 0.4) is 0 Å². The maximum atomic E-state index is 11.7. The summed E-state index contributed by atoms with van der Waals surface area (Å²) in [6, 6.07) is 7.12. The van der Waals surface area contributed by atoms with Crippen LogP contribution in [0.15, 0.2) is 40.9 Å². The molecule has 4 heteroatoms. The Bertz CT molecular complexity index is 467. The van der Waals surface area contributed by atoms with Crippen molar-refractivity contribution in [2.75, 3.05) is 4.90 Å². The zero-order chi connectivity index (χ0) is 11.0. The first-order valence-corrected chi connectivity index (χ1v) is 5.20. The maximum absolute atomic E-state index is 11.7. The van der Waals surface area contributed by atoms with Gasteiger partial charge in [-0.2, -0.15) is 0 Å². The third kappa shape index (κ3) is 1.61. The largest absolute Gasteiger partial charge is 0.274 e. The van der Waals surface area contributed by atoms with E-state index < -0.39 is 0 Å². The van der Waals surface area contributed by atoms with Crippen LogP contribution < -0.4 is 4.90 Å². The van der Waals surface area contributed by atoms with Gasteiger partial charge in [-0.3, -0.25) is 9.59 Å². The van der Waals surface area contributed by atoms with Gasteiger partial charge in [-0.15, -0.1) is 0 Å². The molecule has 0 unspecified atom stereocenters. The molecule has 76 valence electrons. The predicted octanol–water partition coefficient (Wildman–Crippen LogP) is 2.27. The first kappa shape index (κ1) is 10.1. The number of imide groups is 1. The summed E-state index contributed by atoms with van der Waals surface area (Å²) in [6.07, 6.45) is 0.111. The number of para-hydroxylation sites is 1. The van der Waals surface area contributed by atoms with E-state index in [9.17, 15) is 9.59 Å². The molecule has 1 aromatic carbocycles. The number of carbonyl (C=O) groups excluding carboxylic acids is 2. The number of nitrogens with zero attached hydrogens (tertiary/aromatic N) is 1. The van der Waals surface area contributed by atoms with Crippen molar-refractivity contribution in [2.24, 2.45) is 0 Å². The molecule has 0 N–H and O–H groups in total. The Morgan fingerprint density at radius 3 is 2.47 bits per heavy atom. The summed E-state index contributed by atoms with van der Waals surface area (Å²) in [4.78, 5) is 24.4. The van der Waals surface area contributed by atoms with E-state index in [2.05, 4.69) is 22.5 Å². The molecule has 15 heavy (non-hydrogen) atoms. The van der Waals surface area contributed by atoms with Crippen LogP contribution in [0, 0.1) is 0 Å². The van der Waals surface area contributed by atoms with Gasteiger partial charge in [0.25, 0.3) is 5.91 Å². The predicted molar refractivity (Wildman–Crippen MR) is 60.4 cm³/mol. The van der Waals surface area contributed by atoms with E-state index in [1.54, 1.807) is 18.2 Å². The van der Waals surface area contributed by atoms with E-state index in [1.807, 2.05) is 6.07 Å². The minimum absolute atomic E-state index is 0.111. The lowest BCUT2D eigenvalue weighted by atomic mass is 10.3. The lowest BCUT2D eigenvalue weighted by molar-refractivity contribution is -0.120. The fourth-order valence-electron chi connectivity index (χ4n) is 1.49. The monoisotopic (exact) mass is 265 g/mol. The van der Waals surface area contributed by atoms with Crippen LogP contribution in [-0.2, 0) is 9.59 Å². The molecule has 1 fully saturated rings. The highest BCUT2D eigenvalue weighted by Gasteiger charge is 2.34. The Hall–Kier alpha value is -1.42. The zero-order valence-corrected chi connectivity index (χ0v) is 9.45. The second kappa shape index (κ2) is 3.62. The number of hydrogen-bond acceptors (Lipinski definition) is 2. The average Bonchev–Trinajstić information content (AvgIpc) is 2.43. The molecule has 1 aliphatic heterocycles. The third-order valence-electron chi connectivity index (χ3n) is 2.21. The second-order valence-corrected chi connectivity index (χ2v) is 4.12. The van der Waals surface area contributed by atoms with Crippen molar-refractivity contribution < 1.29 is 9.59 Å². The number of anilines is 1. The molecule has 1 heterocycles. The van der Waals surface area contributed by atoms with Crippen LogP contribution in [0.25, 0.3) is 0 Å². The van der Waals surface area contributed by atoms with E-state index in [-0.39, 0.29) is 18.2 Å². The van der Waals surface area contributed by atoms with Crippen molar-refractivity contribution in [3.05, 3.63) is 40.9 Å². The van der Waals surface area contributed by atoms with E-state index in [0.29, 0.717) is 11.3 Å². The minimum Gasteiger partial charge on any atom is -0.274 e. The molecule has 3 nitrogen and oxygen atoms in total. The van der Waals surface area contributed by atoms with Crippen molar-refractivity contribution in [3.63, 3.8) is 0 Å². The fraction of sp³-hybridized carbons (Fsp3) is 0.0909. The van der Waals surface area contributed by atoms with E-state index in [1.165, 1.54) is 0 Å². The number of halogens is 1. The van der Waals surface area contributed by atoms with Gasteiger partial charge in [-0.25, -0.2) is 4.90 Å². The Labute approximate surface area is 95.5 Å². The molecule has 2 rings (SSSR count). The molecule has 0 aliphatic carbocycles. The summed E-state index contributed by atoms with van der Waals surface area (Å²) < 4.78 is 0.724. The Kier molecular flexibility index (Phi) is 2.44. The van der Waals surface area contributed by atoms with Crippen LogP contribution in [0.1, 0.15) is 6.42 Å². The molecular formula is C11H8BrNO2. The molecule has 0 aromatic heterocycles. The van der Waals surface area contributed by atoms with Gasteiger partial charge < -0.3 is 0 Å². The summed E-state index contributed by atoms with van der Waals surface area (Å²) in [5.41, 5.74) is 0.918. The smallest absolute Gasteiger partial charge is 0.260 e. The van der Waals surface area contributed by atoms with E-state index in [0.717, 1.165) is 9.37 Å². The molecular weight excluding hydrogens is 258 g/mol. The van der Waals surface area contributed by atoms with Crippen molar-refractivity contribution in [3.8, 4) is 0 Å². The Balaban J connectivity index is 2.48. The molecule has 1 saturated heterocycles. The lowest BCUT2D eigenvalue weighted by Crippen LogP contribution is -2.29. The van der Waals surface area contributed by atoms with Crippen molar-refractivity contribution in [1.82, 2.24) is 0 Å². The van der Waals surface area contributed by atoms with Gasteiger partial charge >= 0.3 is 0 Å². The van der Waals surface area contributed by atoms with Gasteiger partial charge in [0.05, 0.1) is 12.1 Å². The highest BCUT2D eigenvalue weighted by Crippen LogP contribution is 2.31. The highest BCUT2D eigenvalue weighted by atomic mass is 79.9. The normalized spacial score (nSPS) is 16.3. The average molecular weight is 266 g/mol. The standard InChI is InChI=1S/C11H8BrNO2/c1-7-6-10(14)13(11(7)15)9-5-3-2-4-8(9)12/h2-5H,1,6H2. The summed E-state index contributed by atoms with van der Waals surface area (Å²) in [6.45, 7) is 3.56. The van der Waals surface area contributed by atoms with Crippen LogP contribution in [0.2, 0.25) is 0 Å². The zero-order valence-electron chi connectivity index (χ0n) is 7.87. The Morgan fingerprint density at radius 1 is 1.27 bits per heavy atom. The summed E-state index contributed by atoms with van der Waals surface area (Å²) >= 11 is 3.31. The first-order valence-electron chi connectivity index (χ1n) is 4.41. The molecule has 1 aliphatic rings. The van der Waals surface area contributed by atoms with Crippen molar-refractivity contribution in [1.29, 1.82) is 0 Å². The molecule has 1 aromatic rings. The molecule has 0 atom stereocenters. The number of carbonyl (C=O) groups is 2. The van der Waals surface area contributed by atoms with Crippen LogP contribution in [0.5, 0.6) is 0 Å². The molecule has 0 saturated carbocycles. The van der Waals surface area contributed by atoms with Gasteiger partial charge in [-0.1, -0.05) is 18.7 Å². The first-order chi connectivity index (χ1) is 7.11. The highest BCUT2D eigenvalue weighted by molar-refractivity contribution is 9.10. The van der Waals surface area contributed by atoms with Crippen LogP contribution in [-0.4, -0.2) is 11.8 Å².